The van der Waals surface area contributed by atoms with Gasteiger partial charge in [0.2, 0.25) is 11.8 Å². The predicted molar refractivity (Wildman–Crippen MR) is 244 cm³/mol. The molecule has 13 heteroatoms. The monoisotopic (exact) mass is 869 g/mol. The van der Waals surface area contributed by atoms with E-state index in [0.717, 1.165) is 103 Å². The Balaban J connectivity index is 3.80. The maximum absolute atomic E-state index is 12.5. The number of allylic oxidation sites excluding steroid dienone is 1. The molecule has 2 amide bonds. The molecular weight excluding hydrogens is 777 g/mol. The third-order valence-electron chi connectivity index (χ3n) is 10.5. The van der Waals surface area contributed by atoms with Gasteiger partial charge in [-0.05, 0) is 57.8 Å². The standard InChI is InChI=1S/C48H90N4O9/c1-8-9-24-31-43(61-47(57)34-29-33-46(56)59-39-37-51(2,3)4)42(53)30-25-20-16-12-13-17-21-26-32-44(54)49-35-27-22-18-14-10-11-15-19-23-28-36-50-45(55)41-48(58)60-40-38-52(5,6)7/h20,25,42-43,53H,8-19,21-24,26-41H2,1-7H3/p+2/b25-20-. The zero-order chi connectivity index (χ0) is 45.6. The lowest BCUT2D eigenvalue weighted by molar-refractivity contribution is -0.870. The molecular formula is C48H92N4O9+2. The van der Waals surface area contributed by atoms with Crippen LogP contribution in [0.3, 0.4) is 0 Å². The van der Waals surface area contributed by atoms with Gasteiger partial charge in [0.05, 0.1) is 48.4 Å². The Hall–Kier alpha value is -3.03. The van der Waals surface area contributed by atoms with Crippen molar-refractivity contribution in [3.8, 4) is 0 Å². The second-order valence-electron chi connectivity index (χ2n) is 18.8. The van der Waals surface area contributed by atoms with E-state index in [9.17, 15) is 29.1 Å². The molecule has 0 saturated heterocycles. The number of carbonyl (C=O) groups is 5. The van der Waals surface area contributed by atoms with Gasteiger partial charge in [-0.15, -0.1) is 0 Å². The fraction of sp³-hybridized carbons (Fsp3) is 0.854. The molecule has 0 bridgehead atoms. The molecule has 0 aromatic carbocycles. The lowest BCUT2D eigenvalue weighted by Gasteiger charge is -2.23. The van der Waals surface area contributed by atoms with E-state index in [1.54, 1.807) is 0 Å². The molecule has 356 valence electrons. The average molecular weight is 869 g/mol. The first kappa shape index (κ1) is 58.0. The minimum atomic E-state index is -0.757. The van der Waals surface area contributed by atoms with E-state index in [2.05, 4.69) is 23.6 Å². The van der Waals surface area contributed by atoms with Crippen LogP contribution in [0.5, 0.6) is 0 Å². The number of nitrogens with zero attached hydrogens (tertiary/aromatic N) is 2. The molecule has 2 atom stereocenters. The van der Waals surface area contributed by atoms with E-state index >= 15 is 0 Å². The summed E-state index contributed by atoms with van der Waals surface area (Å²) in [5.41, 5.74) is 0. The first-order chi connectivity index (χ1) is 29.0. The van der Waals surface area contributed by atoms with Crippen molar-refractivity contribution in [2.75, 3.05) is 81.7 Å². The number of nitrogens with one attached hydrogen (secondary N) is 2. The average Bonchev–Trinajstić information content (AvgIpc) is 3.17. The van der Waals surface area contributed by atoms with Crippen LogP contribution in [0.1, 0.15) is 174 Å². The summed E-state index contributed by atoms with van der Waals surface area (Å²) in [7, 11) is 12.2. The number of ether oxygens (including phenoxy) is 3. The number of likely N-dealkylation sites (N-methyl/N-ethyl adjacent to an activating group) is 2. The number of hydrogen-bond acceptors (Lipinski definition) is 9. The predicted octanol–water partition coefficient (Wildman–Crippen LogP) is 7.71. The van der Waals surface area contributed by atoms with Crippen molar-refractivity contribution in [1.29, 1.82) is 0 Å². The highest BCUT2D eigenvalue weighted by molar-refractivity contribution is 5.94. The molecule has 0 aliphatic rings. The summed E-state index contributed by atoms with van der Waals surface area (Å²) in [6.45, 7) is 5.59. The smallest absolute Gasteiger partial charge is 0.315 e. The van der Waals surface area contributed by atoms with E-state index in [1.165, 1.54) is 32.1 Å². The Morgan fingerprint density at radius 3 is 1.59 bits per heavy atom. The molecule has 0 heterocycles. The number of carbonyl (C=O) groups excluding carboxylic acids is 5. The van der Waals surface area contributed by atoms with Gasteiger partial charge in [0.15, 0.2) is 0 Å². The fourth-order valence-corrected chi connectivity index (χ4v) is 6.51. The SMILES string of the molecule is CCCCCC(OC(=O)CCCC(=O)OCC[N+](C)(C)C)C(O)C/C=C\CCCCCCCC(=O)NCCCCCCCCCCCCNC(=O)CC(=O)OCC[N+](C)(C)C. The van der Waals surface area contributed by atoms with Crippen LogP contribution in [-0.2, 0) is 38.2 Å². The van der Waals surface area contributed by atoms with Crippen LogP contribution in [-0.4, -0.2) is 138 Å². The molecule has 0 rings (SSSR count). The van der Waals surface area contributed by atoms with Crippen molar-refractivity contribution >= 4 is 29.7 Å². The van der Waals surface area contributed by atoms with Crippen molar-refractivity contribution in [3.63, 3.8) is 0 Å². The fourth-order valence-electron chi connectivity index (χ4n) is 6.51. The first-order valence-corrected chi connectivity index (χ1v) is 24.0. The Morgan fingerprint density at radius 2 is 1.03 bits per heavy atom. The van der Waals surface area contributed by atoms with E-state index < -0.39 is 18.2 Å². The van der Waals surface area contributed by atoms with Gasteiger partial charge in [-0.25, -0.2) is 0 Å². The molecule has 0 radical (unpaired) electrons. The zero-order valence-electron chi connectivity index (χ0n) is 40.0. The van der Waals surface area contributed by atoms with Crippen LogP contribution in [0.4, 0.5) is 0 Å². The maximum Gasteiger partial charge on any atom is 0.315 e. The minimum Gasteiger partial charge on any atom is -0.460 e. The Labute approximate surface area is 371 Å². The first-order valence-electron chi connectivity index (χ1n) is 24.0. The van der Waals surface area contributed by atoms with Crippen molar-refractivity contribution in [1.82, 2.24) is 10.6 Å². The number of amides is 2. The quantitative estimate of drug-likeness (QED) is 0.0140. The molecule has 2 unspecified atom stereocenters. The third-order valence-corrected chi connectivity index (χ3v) is 10.5. The van der Waals surface area contributed by atoms with Crippen LogP contribution in [0.2, 0.25) is 0 Å². The van der Waals surface area contributed by atoms with Gasteiger partial charge >= 0.3 is 17.9 Å². The van der Waals surface area contributed by atoms with E-state index in [0.29, 0.717) is 61.0 Å². The lowest BCUT2D eigenvalue weighted by atomic mass is 10.0. The molecule has 61 heavy (non-hydrogen) atoms. The minimum absolute atomic E-state index is 0.126. The number of aliphatic hydroxyl groups is 1. The highest BCUT2D eigenvalue weighted by Crippen LogP contribution is 2.17. The summed E-state index contributed by atoms with van der Waals surface area (Å²) in [6.07, 6.45) is 25.4. The number of hydrogen-bond donors (Lipinski definition) is 3. The summed E-state index contributed by atoms with van der Waals surface area (Å²) in [6, 6.07) is 0. The maximum atomic E-state index is 12.5. The van der Waals surface area contributed by atoms with E-state index in [-0.39, 0.29) is 43.0 Å². The summed E-state index contributed by atoms with van der Waals surface area (Å²) in [5, 5.41) is 16.7. The Morgan fingerprint density at radius 1 is 0.541 bits per heavy atom. The molecule has 0 fully saturated rings. The molecule has 0 aromatic rings. The molecule has 13 nitrogen and oxygen atoms in total. The van der Waals surface area contributed by atoms with Crippen molar-refractivity contribution in [2.24, 2.45) is 0 Å². The highest BCUT2D eigenvalue weighted by atomic mass is 16.6. The van der Waals surface area contributed by atoms with Gasteiger partial charge in [0, 0.05) is 32.4 Å². The highest BCUT2D eigenvalue weighted by Gasteiger charge is 2.22. The normalized spacial score (nSPS) is 12.9. The van der Waals surface area contributed by atoms with Crippen LogP contribution in [0.15, 0.2) is 12.2 Å². The van der Waals surface area contributed by atoms with Gasteiger partial charge in [-0.2, -0.15) is 0 Å². The van der Waals surface area contributed by atoms with Crippen LogP contribution in [0, 0.1) is 0 Å². The van der Waals surface area contributed by atoms with Crippen LogP contribution >= 0.6 is 0 Å². The Kier molecular flexibility index (Phi) is 35.7. The van der Waals surface area contributed by atoms with Gasteiger partial charge in [0.1, 0.15) is 38.8 Å². The van der Waals surface area contributed by atoms with Crippen molar-refractivity contribution in [2.45, 2.75) is 186 Å². The summed E-state index contributed by atoms with van der Waals surface area (Å²) in [5.74, 6) is -1.26. The number of rotatable bonds is 41. The van der Waals surface area contributed by atoms with Crippen LogP contribution < -0.4 is 10.6 Å². The Bertz CT molecular complexity index is 1180. The van der Waals surface area contributed by atoms with Crippen molar-refractivity contribution < 1.29 is 52.3 Å². The summed E-state index contributed by atoms with van der Waals surface area (Å²) < 4.78 is 17.5. The number of unbranched alkanes of at least 4 members (excludes halogenated alkanes) is 16. The van der Waals surface area contributed by atoms with Gasteiger partial charge < -0.3 is 38.9 Å². The number of quaternary nitrogens is 2. The largest absolute Gasteiger partial charge is 0.460 e. The second-order valence-corrected chi connectivity index (χ2v) is 18.8. The number of esters is 3. The van der Waals surface area contributed by atoms with Crippen molar-refractivity contribution in [3.05, 3.63) is 12.2 Å². The topological polar surface area (TPSA) is 157 Å². The summed E-state index contributed by atoms with van der Waals surface area (Å²) >= 11 is 0. The molecule has 0 aliphatic heterocycles. The number of aliphatic hydroxyl groups excluding tert-OH is 1. The molecule has 0 saturated carbocycles. The summed E-state index contributed by atoms with van der Waals surface area (Å²) in [4.78, 5) is 60.4. The van der Waals surface area contributed by atoms with Crippen LogP contribution in [0.25, 0.3) is 0 Å². The zero-order valence-corrected chi connectivity index (χ0v) is 40.0. The molecule has 0 spiro atoms. The third kappa shape index (κ3) is 42.1. The van der Waals surface area contributed by atoms with E-state index in [4.69, 9.17) is 14.2 Å². The van der Waals surface area contributed by atoms with Gasteiger partial charge in [-0.1, -0.05) is 103 Å². The lowest BCUT2D eigenvalue weighted by Crippen LogP contribution is -2.38. The molecule has 0 aromatic heterocycles. The van der Waals surface area contributed by atoms with Gasteiger partial charge in [-0.3, -0.25) is 24.0 Å². The molecule has 0 aliphatic carbocycles. The second kappa shape index (κ2) is 37.5. The van der Waals surface area contributed by atoms with Gasteiger partial charge in [0.25, 0.3) is 0 Å². The molecule has 3 N–H and O–H groups in total. The van der Waals surface area contributed by atoms with E-state index in [1.807, 2.05) is 48.4 Å².